The first-order valence-corrected chi connectivity index (χ1v) is 4.92. The van der Waals surface area contributed by atoms with E-state index >= 15 is 0 Å². The minimum atomic E-state index is -0.879. The Bertz CT molecular complexity index is 711. The maximum Gasteiger partial charge on any atom is 0.422 e. The average Bonchev–Trinajstić information content (AvgIpc) is 2.24. The van der Waals surface area contributed by atoms with Crippen LogP contribution in [-0.4, -0.2) is 10.5 Å². The Balaban J connectivity index is 2.96. The van der Waals surface area contributed by atoms with Crippen LogP contribution in [-0.2, 0) is 11.3 Å². The number of benzene rings is 1. The SMILES string of the molecule is Cc1cccc2c(=O)oc(=O)n(CC(N)=O)c12. The maximum atomic E-state index is 11.5. The topological polar surface area (TPSA) is 95.3 Å². The summed E-state index contributed by atoms with van der Waals surface area (Å²) in [4.78, 5) is 33.9. The Morgan fingerprint density at radius 2 is 2.12 bits per heavy atom. The summed E-state index contributed by atoms with van der Waals surface area (Å²) in [5.74, 6) is -1.55. The van der Waals surface area contributed by atoms with E-state index in [1.165, 1.54) is 6.07 Å². The van der Waals surface area contributed by atoms with Gasteiger partial charge in [0.05, 0.1) is 10.9 Å². The van der Waals surface area contributed by atoms with Gasteiger partial charge in [0.25, 0.3) is 0 Å². The summed E-state index contributed by atoms with van der Waals surface area (Å²) < 4.78 is 5.59. The van der Waals surface area contributed by atoms with Crippen LogP contribution in [0.5, 0.6) is 0 Å². The number of hydrogen-bond acceptors (Lipinski definition) is 4. The van der Waals surface area contributed by atoms with Gasteiger partial charge in [-0.2, -0.15) is 0 Å². The van der Waals surface area contributed by atoms with Gasteiger partial charge in [-0.3, -0.25) is 9.36 Å². The molecule has 2 rings (SSSR count). The first-order chi connectivity index (χ1) is 8.00. The quantitative estimate of drug-likeness (QED) is 0.774. The third-order valence-corrected chi connectivity index (χ3v) is 2.44. The van der Waals surface area contributed by atoms with Gasteiger partial charge in [-0.25, -0.2) is 9.59 Å². The van der Waals surface area contributed by atoms with E-state index in [4.69, 9.17) is 5.73 Å². The van der Waals surface area contributed by atoms with E-state index in [1.807, 2.05) is 0 Å². The molecular weight excluding hydrogens is 224 g/mol. The first kappa shape index (κ1) is 11.1. The Morgan fingerprint density at radius 1 is 1.41 bits per heavy atom. The van der Waals surface area contributed by atoms with E-state index in [0.717, 1.165) is 4.57 Å². The van der Waals surface area contributed by atoms with E-state index in [1.54, 1.807) is 19.1 Å². The fourth-order valence-electron chi connectivity index (χ4n) is 1.76. The van der Waals surface area contributed by atoms with Crippen molar-refractivity contribution in [3.05, 3.63) is 44.7 Å². The third kappa shape index (κ3) is 1.84. The van der Waals surface area contributed by atoms with Crippen molar-refractivity contribution in [3.8, 4) is 0 Å². The number of aryl methyl sites for hydroxylation is 1. The number of aromatic nitrogens is 1. The second kappa shape index (κ2) is 3.89. The summed E-state index contributed by atoms with van der Waals surface area (Å²) in [5, 5.41) is 0.255. The molecule has 0 radical (unpaired) electrons. The van der Waals surface area contributed by atoms with Crippen LogP contribution in [0.4, 0.5) is 0 Å². The zero-order valence-corrected chi connectivity index (χ0v) is 9.10. The molecule has 88 valence electrons. The van der Waals surface area contributed by atoms with E-state index in [9.17, 15) is 14.4 Å². The molecule has 0 fully saturated rings. The number of amides is 1. The van der Waals surface area contributed by atoms with Gasteiger partial charge < -0.3 is 10.2 Å². The van der Waals surface area contributed by atoms with Crippen molar-refractivity contribution < 1.29 is 9.21 Å². The highest BCUT2D eigenvalue weighted by molar-refractivity contribution is 5.83. The van der Waals surface area contributed by atoms with Gasteiger partial charge >= 0.3 is 11.4 Å². The molecule has 0 unspecified atom stereocenters. The summed E-state index contributed by atoms with van der Waals surface area (Å²) in [5.41, 5.74) is 5.43. The minimum Gasteiger partial charge on any atom is -0.372 e. The highest BCUT2D eigenvalue weighted by Gasteiger charge is 2.12. The van der Waals surface area contributed by atoms with Crippen LogP contribution in [0.3, 0.4) is 0 Å². The molecule has 6 heteroatoms. The van der Waals surface area contributed by atoms with Crippen molar-refractivity contribution >= 4 is 16.8 Å². The Morgan fingerprint density at radius 3 is 2.76 bits per heavy atom. The fraction of sp³-hybridized carbons (Fsp3) is 0.182. The zero-order valence-electron chi connectivity index (χ0n) is 9.10. The van der Waals surface area contributed by atoms with Gasteiger partial charge in [-0.05, 0) is 18.6 Å². The molecule has 17 heavy (non-hydrogen) atoms. The van der Waals surface area contributed by atoms with Crippen molar-refractivity contribution in [3.63, 3.8) is 0 Å². The molecule has 0 aliphatic rings. The molecule has 1 amide bonds. The molecule has 1 heterocycles. The number of hydrogen-bond donors (Lipinski definition) is 1. The molecule has 0 saturated carbocycles. The molecule has 0 atom stereocenters. The Labute approximate surface area is 95.3 Å². The predicted molar refractivity (Wildman–Crippen MR) is 60.7 cm³/mol. The molecule has 1 aromatic heterocycles. The molecule has 0 spiro atoms. The van der Waals surface area contributed by atoms with Crippen molar-refractivity contribution in [2.75, 3.05) is 0 Å². The van der Waals surface area contributed by atoms with Gasteiger partial charge in [0, 0.05) is 0 Å². The highest BCUT2D eigenvalue weighted by Crippen LogP contribution is 2.13. The zero-order chi connectivity index (χ0) is 12.6. The smallest absolute Gasteiger partial charge is 0.372 e. The van der Waals surface area contributed by atoms with Crippen LogP contribution in [0.2, 0.25) is 0 Å². The molecule has 2 aromatic rings. The van der Waals surface area contributed by atoms with E-state index < -0.39 is 17.3 Å². The lowest BCUT2D eigenvalue weighted by atomic mass is 10.1. The number of carbonyl (C=O) groups is 1. The minimum absolute atomic E-state index is 0.255. The monoisotopic (exact) mass is 234 g/mol. The predicted octanol–water partition coefficient (Wildman–Crippen LogP) is -0.252. The fourth-order valence-corrected chi connectivity index (χ4v) is 1.76. The van der Waals surface area contributed by atoms with Crippen molar-refractivity contribution in [2.24, 2.45) is 5.73 Å². The van der Waals surface area contributed by atoms with Gasteiger partial charge in [0.1, 0.15) is 6.54 Å². The van der Waals surface area contributed by atoms with Crippen LogP contribution < -0.4 is 17.1 Å². The standard InChI is InChI=1S/C11H10N2O4/c1-6-3-2-4-7-9(6)13(5-8(12)14)11(16)17-10(7)15/h2-4H,5H2,1H3,(H2,12,14). The molecule has 0 saturated heterocycles. The largest absolute Gasteiger partial charge is 0.422 e. The molecule has 1 aromatic carbocycles. The lowest BCUT2D eigenvalue weighted by molar-refractivity contribution is -0.118. The number of rotatable bonds is 2. The van der Waals surface area contributed by atoms with E-state index in [-0.39, 0.29) is 11.9 Å². The average molecular weight is 234 g/mol. The maximum absolute atomic E-state index is 11.5. The van der Waals surface area contributed by atoms with Gasteiger partial charge in [-0.1, -0.05) is 12.1 Å². The number of para-hydroxylation sites is 1. The van der Waals surface area contributed by atoms with Gasteiger partial charge in [0.15, 0.2) is 0 Å². The Kier molecular flexibility index (Phi) is 2.55. The van der Waals surface area contributed by atoms with Gasteiger partial charge in [0.2, 0.25) is 5.91 Å². The normalized spacial score (nSPS) is 10.6. The van der Waals surface area contributed by atoms with Crippen molar-refractivity contribution in [1.82, 2.24) is 4.57 Å². The number of primary amides is 1. The summed E-state index contributed by atoms with van der Waals surface area (Å²) >= 11 is 0. The van der Waals surface area contributed by atoms with Crippen LogP contribution >= 0.6 is 0 Å². The molecule has 0 bridgehead atoms. The van der Waals surface area contributed by atoms with Crippen LogP contribution in [0.1, 0.15) is 5.56 Å². The lowest BCUT2D eigenvalue weighted by Crippen LogP contribution is -2.31. The number of fused-ring (bicyclic) bond motifs is 1. The molecule has 6 nitrogen and oxygen atoms in total. The summed E-state index contributed by atoms with van der Waals surface area (Å²) in [6.07, 6.45) is 0. The Hall–Kier alpha value is -2.37. The van der Waals surface area contributed by atoms with Crippen LogP contribution in [0.25, 0.3) is 10.9 Å². The number of nitrogens with zero attached hydrogens (tertiary/aromatic N) is 1. The number of nitrogens with two attached hydrogens (primary N) is 1. The summed E-state index contributed by atoms with van der Waals surface area (Å²) in [6.45, 7) is 1.42. The molecule has 2 N–H and O–H groups in total. The van der Waals surface area contributed by atoms with Crippen molar-refractivity contribution in [2.45, 2.75) is 13.5 Å². The third-order valence-electron chi connectivity index (χ3n) is 2.44. The van der Waals surface area contributed by atoms with Crippen LogP contribution in [0.15, 0.2) is 32.2 Å². The van der Waals surface area contributed by atoms with Crippen LogP contribution in [0, 0.1) is 6.92 Å². The van der Waals surface area contributed by atoms with Crippen molar-refractivity contribution in [1.29, 1.82) is 0 Å². The van der Waals surface area contributed by atoms with E-state index in [2.05, 4.69) is 4.42 Å². The molecular formula is C11H10N2O4. The summed E-state index contributed by atoms with van der Waals surface area (Å²) in [7, 11) is 0. The number of carbonyl (C=O) groups excluding carboxylic acids is 1. The highest BCUT2D eigenvalue weighted by atomic mass is 16.4. The second-order valence-electron chi connectivity index (χ2n) is 3.68. The first-order valence-electron chi connectivity index (χ1n) is 4.92. The summed E-state index contributed by atoms with van der Waals surface area (Å²) in [6, 6.07) is 4.94. The van der Waals surface area contributed by atoms with Gasteiger partial charge in [-0.15, -0.1) is 0 Å². The second-order valence-corrected chi connectivity index (χ2v) is 3.68. The van der Waals surface area contributed by atoms with E-state index in [0.29, 0.717) is 11.1 Å². The lowest BCUT2D eigenvalue weighted by Gasteiger charge is -2.08. The molecule has 0 aliphatic heterocycles. The molecule has 0 aliphatic carbocycles.